The van der Waals surface area contributed by atoms with Crippen molar-refractivity contribution in [2.75, 3.05) is 18.1 Å². The lowest BCUT2D eigenvalue weighted by Crippen LogP contribution is -1.97. The molecule has 4 N–H and O–H groups in total. The van der Waals surface area contributed by atoms with Crippen LogP contribution >= 0.6 is 0 Å². The highest BCUT2D eigenvalue weighted by Gasteiger charge is 2.15. The molecule has 0 aliphatic rings. The summed E-state index contributed by atoms with van der Waals surface area (Å²) >= 11 is 0. The monoisotopic (exact) mass is 307 g/mol. The van der Waals surface area contributed by atoms with E-state index >= 15 is 0 Å². The lowest BCUT2D eigenvalue weighted by atomic mass is 10.1. The van der Waals surface area contributed by atoms with E-state index < -0.39 is 0 Å². The predicted molar refractivity (Wildman–Crippen MR) is 88.2 cm³/mol. The van der Waals surface area contributed by atoms with E-state index in [1.165, 1.54) is 0 Å². The molecule has 3 heterocycles. The number of nitrogens with zero attached hydrogens (tertiary/aromatic N) is 3. The van der Waals surface area contributed by atoms with Crippen LogP contribution in [0.2, 0.25) is 0 Å². The smallest absolute Gasteiger partial charge is 0.229 e. The zero-order valence-corrected chi connectivity index (χ0v) is 12.2. The van der Waals surface area contributed by atoms with Crippen molar-refractivity contribution in [3.63, 3.8) is 0 Å². The molecule has 114 valence electrons. The first-order chi connectivity index (χ1) is 11.2. The molecule has 0 fully saturated rings. The van der Waals surface area contributed by atoms with Gasteiger partial charge in [-0.05, 0) is 18.2 Å². The van der Waals surface area contributed by atoms with Gasteiger partial charge >= 0.3 is 0 Å². The number of fused-ring (bicyclic) bond motifs is 2. The molecule has 3 aromatic heterocycles. The Hall–Kier alpha value is -3.35. The van der Waals surface area contributed by atoms with Crippen molar-refractivity contribution >= 4 is 33.5 Å². The number of phenols is 1. The molecule has 0 bridgehead atoms. The third-order valence-corrected chi connectivity index (χ3v) is 3.63. The number of pyridine rings is 2. The fraction of sp³-hybridized carbons (Fsp3) is 0.0625. The van der Waals surface area contributed by atoms with Crippen LogP contribution in [0.4, 0.5) is 11.6 Å². The fourth-order valence-corrected chi connectivity index (χ4v) is 2.55. The van der Waals surface area contributed by atoms with Gasteiger partial charge in [-0.1, -0.05) is 0 Å². The van der Waals surface area contributed by atoms with E-state index in [-0.39, 0.29) is 5.75 Å². The first kappa shape index (κ1) is 13.3. The van der Waals surface area contributed by atoms with Gasteiger partial charge in [0.15, 0.2) is 5.58 Å². The Kier molecular flexibility index (Phi) is 2.80. The van der Waals surface area contributed by atoms with Crippen LogP contribution in [0.25, 0.3) is 33.3 Å². The number of hydrogen-bond donors (Lipinski definition) is 3. The molecule has 0 atom stereocenters. The number of hydrogen-bond acceptors (Lipinski definition) is 7. The van der Waals surface area contributed by atoms with Gasteiger partial charge in [-0.2, -0.15) is 0 Å². The molecule has 1 aromatic carbocycles. The van der Waals surface area contributed by atoms with Crippen molar-refractivity contribution < 1.29 is 9.52 Å². The molecule has 0 aliphatic heterocycles. The highest BCUT2D eigenvalue weighted by Crippen LogP contribution is 2.33. The molecule has 0 unspecified atom stereocenters. The fourth-order valence-electron chi connectivity index (χ4n) is 2.55. The van der Waals surface area contributed by atoms with Crippen molar-refractivity contribution in [1.82, 2.24) is 15.0 Å². The quantitative estimate of drug-likeness (QED) is 0.522. The Morgan fingerprint density at radius 3 is 2.83 bits per heavy atom. The maximum atomic E-state index is 9.56. The maximum Gasteiger partial charge on any atom is 0.229 e. The van der Waals surface area contributed by atoms with Gasteiger partial charge in [0.1, 0.15) is 22.9 Å². The Bertz CT molecular complexity index is 1040. The zero-order chi connectivity index (χ0) is 16.0. The minimum atomic E-state index is 0.138. The van der Waals surface area contributed by atoms with Crippen LogP contribution in [0.3, 0.4) is 0 Å². The average Bonchev–Trinajstić information content (AvgIpc) is 2.96. The molecule has 0 saturated heterocycles. The number of anilines is 2. The number of rotatable bonds is 2. The van der Waals surface area contributed by atoms with E-state index in [0.717, 1.165) is 10.8 Å². The van der Waals surface area contributed by atoms with E-state index in [1.807, 2.05) is 0 Å². The molecule has 0 aliphatic carbocycles. The van der Waals surface area contributed by atoms with E-state index in [9.17, 15) is 5.11 Å². The summed E-state index contributed by atoms with van der Waals surface area (Å²) in [6, 6.07) is 6.55. The van der Waals surface area contributed by atoms with Gasteiger partial charge in [0.05, 0.1) is 5.56 Å². The first-order valence-corrected chi connectivity index (χ1v) is 6.97. The molecule has 23 heavy (non-hydrogen) atoms. The molecule has 7 heteroatoms. The second kappa shape index (κ2) is 4.84. The van der Waals surface area contributed by atoms with Crippen LogP contribution in [0, 0.1) is 0 Å². The minimum Gasteiger partial charge on any atom is -0.508 e. The SMILES string of the molecule is CNc1ncc(-c2nc3cc(O)ccc3o2)c2cc(N)ncc12. The summed E-state index contributed by atoms with van der Waals surface area (Å²) in [5.74, 6) is 1.65. The third-order valence-electron chi connectivity index (χ3n) is 3.63. The van der Waals surface area contributed by atoms with E-state index in [1.54, 1.807) is 43.7 Å². The van der Waals surface area contributed by atoms with E-state index in [4.69, 9.17) is 10.2 Å². The Morgan fingerprint density at radius 2 is 2.00 bits per heavy atom. The van der Waals surface area contributed by atoms with Crippen molar-refractivity contribution in [3.05, 3.63) is 36.7 Å². The van der Waals surface area contributed by atoms with Gasteiger partial charge < -0.3 is 20.6 Å². The highest BCUT2D eigenvalue weighted by atomic mass is 16.3. The number of aromatic hydroxyl groups is 1. The van der Waals surface area contributed by atoms with Crippen LogP contribution in [0.5, 0.6) is 5.75 Å². The largest absolute Gasteiger partial charge is 0.508 e. The highest BCUT2D eigenvalue weighted by molar-refractivity contribution is 6.01. The van der Waals surface area contributed by atoms with Gasteiger partial charge in [-0.25, -0.2) is 15.0 Å². The van der Waals surface area contributed by atoms with E-state index in [2.05, 4.69) is 20.3 Å². The van der Waals surface area contributed by atoms with Crippen LogP contribution < -0.4 is 11.1 Å². The standard InChI is InChI=1S/C16H13N5O2/c1-18-15-10-6-19-14(17)5-9(10)11(7-20-15)16-21-12-4-8(22)2-3-13(12)23-16/h2-7,22H,1H3,(H2,17,19)(H,18,20). The summed E-state index contributed by atoms with van der Waals surface area (Å²) in [7, 11) is 1.79. The minimum absolute atomic E-state index is 0.138. The van der Waals surface area contributed by atoms with Crippen LogP contribution in [-0.2, 0) is 0 Å². The summed E-state index contributed by atoms with van der Waals surface area (Å²) in [4.78, 5) is 12.9. The van der Waals surface area contributed by atoms with Gasteiger partial charge in [0.25, 0.3) is 0 Å². The van der Waals surface area contributed by atoms with Crippen molar-refractivity contribution in [3.8, 4) is 17.2 Å². The van der Waals surface area contributed by atoms with Gasteiger partial charge in [-0.15, -0.1) is 0 Å². The van der Waals surface area contributed by atoms with E-state index in [0.29, 0.717) is 34.2 Å². The Morgan fingerprint density at radius 1 is 1.13 bits per heavy atom. The second-order valence-electron chi connectivity index (χ2n) is 5.10. The van der Waals surface area contributed by atoms with Gasteiger partial charge in [-0.3, -0.25) is 0 Å². The van der Waals surface area contributed by atoms with Crippen LogP contribution in [0.15, 0.2) is 41.1 Å². The second-order valence-corrected chi connectivity index (χ2v) is 5.10. The Labute approximate surface area is 130 Å². The predicted octanol–water partition coefficient (Wildman–Crippen LogP) is 2.77. The topological polar surface area (TPSA) is 110 Å². The lowest BCUT2D eigenvalue weighted by molar-refractivity contribution is 0.476. The maximum absolute atomic E-state index is 9.56. The molecular weight excluding hydrogens is 294 g/mol. The average molecular weight is 307 g/mol. The number of benzene rings is 1. The number of aromatic nitrogens is 3. The normalized spacial score (nSPS) is 11.2. The first-order valence-electron chi connectivity index (χ1n) is 6.97. The number of nitrogens with one attached hydrogen (secondary N) is 1. The summed E-state index contributed by atoms with van der Waals surface area (Å²) in [5, 5.41) is 14.2. The molecule has 4 rings (SSSR count). The van der Waals surface area contributed by atoms with Crippen LogP contribution in [-0.4, -0.2) is 27.1 Å². The summed E-state index contributed by atoms with van der Waals surface area (Å²) in [6.45, 7) is 0. The van der Waals surface area contributed by atoms with Gasteiger partial charge in [0.2, 0.25) is 5.89 Å². The summed E-state index contributed by atoms with van der Waals surface area (Å²) < 4.78 is 5.79. The molecule has 0 spiro atoms. The summed E-state index contributed by atoms with van der Waals surface area (Å²) in [5.41, 5.74) is 7.70. The third kappa shape index (κ3) is 2.10. The number of nitrogens with two attached hydrogens (primary N) is 1. The van der Waals surface area contributed by atoms with Crippen molar-refractivity contribution in [2.45, 2.75) is 0 Å². The van der Waals surface area contributed by atoms with Crippen LogP contribution in [0.1, 0.15) is 0 Å². The zero-order valence-electron chi connectivity index (χ0n) is 12.2. The van der Waals surface area contributed by atoms with Gasteiger partial charge in [0, 0.05) is 36.3 Å². The molecule has 0 radical (unpaired) electrons. The molecule has 0 amide bonds. The number of phenolic OH excluding ortho intramolecular Hbond substituents is 1. The molecular formula is C16H13N5O2. The summed E-state index contributed by atoms with van der Waals surface area (Å²) in [6.07, 6.45) is 3.35. The number of oxazole rings is 1. The molecule has 7 nitrogen and oxygen atoms in total. The number of nitrogen functional groups attached to an aromatic ring is 1. The molecule has 4 aromatic rings. The Balaban J connectivity index is 2.01. The van der Waals surface area contributed by atoms with Crippen molar-refractivity contribution in [2.24, 2.45) is 0 Å². The molecule has 0 saturated carbocycles. The lowest BCUT2D eigenvalue weighted by Gasteiger charge is -2.08. The van der Waals surface area contributed by atoms with Crippen molar-refractivity contribution in [1.29, 1.82) is 0 Å².